The van der Waals surface area contributed by atoms with Gasteiger partial charge in [0.15, 0.2) is 0 Å². The summed E-state index contributed by atoms with van der Waals surface area (Å²) in [7, 11) is 0. The molecule has 1 N–H and O–H groups in total. The first-order chi connectivity index (χ1) is 15.0. The first-order valence-electron chi connectivity index (χ1n) is 10.0. The Kier molecular flexibility index (Phi) is 5.45. The van der Waals surface area contributed by atoms with Gasteiger partial charge in [-0.1, -0.05) is 55.5 Å². The second-order valence-corrected chi connectivity index (χ2v) is 7.35. The van der Waals surface area contributed by atoms with E-state index in [4.69, 9.17) is 4.98 Å². The number of hydrogen-bond acceptors (Lipinski definition) is 4. The fourth-order valence-corrected chi connectivity index (χ4v) is 3.51. The van der Waals surface area contributed by atoms with Crippen molar-refractivity contribution in [2.24, 2.45) is 0 Å². The number of nitro groups is 1. The van der Waals surface area contributed by atoms with Crippen LogP contribution in [0.15, 0.2) is 72.8 Å². The number of carbonyl (C=O) groups excluding carboxylic acids is 1. The highest BCUT2D eigenvalue weighted by molar-refractivity contribution is 6.13. The van der Waals surface area contributed by atoms with Crippen LogP contribution in [-0.2, 0) is 6.42 Å². The quantitative estimate of drug-likeness (QED) is 0.326. The smallest absolute Gasteiger partial charge is 0.293 e. The second kappa shape index (κ2) is 8.36. The third-order valence-corrected chi connectivity index (χ3v) is 5.22. The van der Waals surface area contributed by atoms with Crippen molar-refractivity contribution in [2.45, 2.75) is 20.3 Å². The number of para-hydroxylation sites is 1. The van der Waals surface area contributed by atoms with Crippen LogP contribution in [0.2, 0.25) is 0 Å². The largest absolute Gasteiger partial charge is 0.316 e. The van der Waals surface area contributed by atoms with Gasteiger partial charge < -0.3 is 5.32 Å². The van der Waals surface area contributed by atoms with Gasteiger partial charge in [-0.15, -0.1) is 0 Å². The predicted molar refractivity (Wildman–Crippen MR) is 122 cm³/mol. The third kappa shape index (κ3) is 4.14. The van der Waals surface area contributed by atoms with Crippen LogP contribution < -0.4 is 5.32 Å². The molecule has 6 nitrogen and oxygen atoms in total. The molecule has 0 fully saturated rings. The van der Waals surface area contributed by atoms with E-state index in [1.54, 1.807) is 25.1 Å². The van der Waals surface area contributed by atoms with Gasteiger partial charge in [-0.3, -0.25) is 14.9 Å². The van der Waals surface area contributed by atoms with Gasteiger partial charge in [0, 0.05) is 17.0 Å². The molecule has 1 aromatic heterocycles. The fraction of sp³-hybridized carbons (Fsp3) is 0.120. The van der Waals surface area contributed by atoms with Crippen LogP contribution in [-0.4, -0.2) is 15.8 Å². The molecule has 0 aliphatic rings. The van der Waals surface area contributed by atoms with E-state index in [1.165, 1.54) is 11.6 Å². The summed E-state index contributed by atoms with van der Waals surface area (Å²) >= 11 is 0. The molecule has 0 spiro atoms. The number of carbonyl (C=O) groups is 1. The Balaban J connectivity index is 1.79. The zero-order chi connectivity index (χ0) is 22.0. The summed E-state index contributed by atoms with van der Waals surface area (Å²) < 4.78 is 0. The van der Waals surface area contributed by atoms with Crippen LogP contribution in [0.25, 0.3) is 22.2 Å². The summed E-state index contributed by atoms with van der Waals surface area (Å²) in [5, 5.41) is 14.8. The summed E-state index contributed by atoms with van der Waals surface area (Å²) in [5.41, 5.74) is 4.66. The molecule has 0 aliphatic heterocycles. The molecule has 1 heterocycles. The number of benzene rings is 3. The van der Waals surface area contributed by atoms with Crippen LogP contribution >= 0.6 is 0 Å². The number of fused-ring (bicyclic) bond motifs is 1. The summed E-state index contributed by atoms with van der Waals surface area (Å²) in [6, 6.07) is 21.9. The van der Waals surface area contributed by atoms with Crippen LogP contribution in [0.4, 0.5) is 11.4 Å². The van der Waals surface area contributed by atoms with Crippen LogP contribution in [0, 0.1) is 17.0 Å². The summed E-state index contributed by atoms with van der Waals surface area (Å²) in [6.07, 6.45) is 0.939. The van der Waals surface area contributed by atoms with Crippen molar-refractivity contribution in [1.82, 2.24) is 4.98 Å². The van der Waals surface area contributed by atoms with Crippen molar-refractivity contribution in [3.8, 4) is 11.3 Å². The topological polar surface area (TPSA) is 85.1 Å². The zero-order valence-corrected chi connectivity index (χ0v) is 17.3. The van der Waals surface area contributed by atoms with E-state index in [9.17, 15) is 14.9 Å². The second-order valence-electron chi connectivity index (χ2n) is 7.35. The average molecular weight is 411 g/mol. The van der Waals surface area contributed by atoms with Gasteiger partial charge in [0.25, 0.3) is 11.6 Å². The molecule has 154 valence electrons. The maximum absolute atomic E-state index is 13.2. The van der Waals surface area contributed by atoms with E-state index in [0.717, 1.165) is 17.5 Å². The van der Waals surface area contributed by atoms with E-state index in [1.807, 2.05) is 48.5 Å². The molecule has 0 aliphatic carbocycles. The highest BCUT2D eigenvalue weighted by Gasteiger charge is 2.19. The van der Waals surface area contributed by atoms with Gasteiger partial charge >= 0.3 is 0 Å². The number of anilines is 1. The Hall–Kier alpha value is -4.06. The lowest BCUT2D eigenvalue weighted by Crippen LogP contribution is -2.14. The standard InChI is InChI=1S/C25H21N3O3/c1-3-17-9-11-18(12-10-17)23-15-20(19-6-4-5-7-21(19)26-23)25(29)27-22-13-8-16(2)14-24(22)28(30)31/h4-15H,3H2,1-2H3,(H,27,29). The maximum atomic E-state index is 13.2. The lowest BCUT2D eigenvalue weighted by Gasteiger charge is -2.11. The molecule has 31 heavy (non-hydrogen) atoms. The van der Waals surface area contributed by atoms with E-state index in [-0.39, 0.29) is 11.4 Å². The Labute approximate surface area is 179 Å². The van der Waals surface area contributed by atoms with E-state index >= 15 is 0 Å². The number of nitrogens with one attached hydrogen (secondary N) is 1. The van der Waals surface area contributed by atoms with Crippen molar-refractivity contribution in [3.63, 3.8) is 0 Å². The number of aromatic nitrogens is 1. The normalized spacial score (nSPS) is 10.8. The van der Waals surface area contributed by atoms with Gasteiger partial charge in [-0.05, 0) is 42.7 Å². The van der Waals surface area contributed by atoms with Crippen molar-refractivity contribution >= 4 is 28.2 Å². The molecule has 3 aromatic carbocycles. The lowest BCUT2D eigenvalue weighted by molar-refractivity contribution is -0.384. The number of hydrogen-bond donors (Lipinski definition) is 1. The predicted octanol–water partition coefficient (Wildman–Crippen LogP) is 5.93. The van der Waals surface area contributed by atoms with Gasteiger partial charge in [-0.25, -0.2) is 4.98 Å². The Bertz CT molecular complexity index is 1300. The minimum absolute atomic E-state index is 0.137. The van der Waals surface area contributed by atoms with Gasteiger partial charge in [0.05, 0.1) is 21.7 Å². The molecule has 1 amide bonds. The highest BCUT2D eigenvalue weighted by Crippen LogP contribution is 2.29. The maximum Gasteiger partial charge on any atom is 0.293 e. The minimum atomic E-state index is -0.492. The van der Waals surface area contributed by atoms with Crippen molar-refractivity contribution < 1.29 is 9.72 Å². The molecule has 4 rings (SSSR count). The summed E-state index contributed by atoms with van der Waals surface area (Å²) in [6.45, 7) is 3.86. The number of nitrogens with zero attached hydrogens (tertiary/aromatic N) is 2. The molecule has 0 bridgehead atoms. The van der Waals surface area contributed by atoms with Crippen molar-refractivity contribution in [3.05, 3.63) is 99.6 Å². The van der Waals surface area contributed by atoms with E-state index in [0.29, 0.717) is 22.2 Å². The van der Waals surface area contributed by atoms with Gasteiger partial charge in [0.2, 0.25) is 0 Å². The highest BCUT2D eigenvalue weighted by atomic mass is 16.6. The Morgan fingerprint density at radius 3 is 2.48 bits per heavy atom. The van der Waals surface area contributed by atoms with Gasteiger partial charge in [-0.2, -0.15) is 0 Å². The lowest BCUT2D eigenvalue weighted by atomic mass is 10.0. The molecule has 6 heteroatoms. The first kappa shape index (κ1) is 20.2. The molecule has 0 saturated carbocycles. The fourth-order valence-electron chi connectivity index (χ4n) is 3.51. The minimum Gasteiger partial charge on any atom is -0.316 e. The molecule has 0 saturated heterocycles. The average Bonchev–Trinajstić information content (AvgIpc) is 2.79. The van der Waals surface area contributed by atoms with Crippen LogP contribution in [0.5, 0.6) is 0 Å². The number of amides is 1. The molecule has 4 aromatic rings. The number of pyridine rings is 1. The third-order valence-electron chi connectivity index (χ3n) is 5.22. The Morgan fingerprint density at radius 2 is 1.77 bits per heavy atom. The molecular formula is C25H21N3O3. The van der Waals surface area contributed by atoms with Crippen LogP contribution in [0.3, 0.4) is 0 Å². The van der Waals surface area contributed by atoms with E-state index in [2.05, 4.69) is 12.2 Å². The molecule has 0 radical (unpaired) electrons. The van der Waals surface area contributed by atoms with Crippen molar-refractivity contribution in [1.29, 1.82) is 0 Å². The first-order valence-corrected chi connectivity index (χ1v) is 10.0. The van der Waals surface area contributed by atoms with Crippen LogP contribution in [0.1, 0.15) is 28.4 Å². The van der Waals surface area contributed by atoms with Crippen molar-refractivity contribution in [2.75, 3.05) is 5.32 Å². The summed E-state index contributed by atoms with van der Waals surface area (Å²) in [4.78, 5) is 28.9. The zero-order valence-electron chi connectivity index (χ0n) is 17.3. The number of aryl methyl sites for hydroxylation is 2. The number of nitro benzene ring substituents is 1. The Morgan fingerprint density at radius 1 is 1.03 bits per heavy atom. The monoisotopic (exact) mass is 411 g/mol. The molecular weight excluding hydrogens is 390 g/mol. The summed E-state index contributed by atoms with van der Waals surface area (Å²) in [5.74, 6) is -0.419. The SMILES string of the molecule is CCc1ccc(-c2cc(C(=O)Nc3ccc(C)cc3[N+](=O)[O-])c3ccccc3n2)cc1. The number of rotatable bonds is 5. The molecule has 0 unspecified atom stereocenters. The van der Waals surface area contributed by atoms with E-state index < -0.39 is 10.8 Å². The van der Waals surface area contributed by atoms with Gasteiger partial charge in [0.1, 0.15) is 5.69 Å². The molecule has 0 atom stereocenters.